The van der Waals surface area contributed by atoms with Gasteiger partial charge in [-0.3, -0.25) is 9.59 Å². The van der Waals surface area contributed by atoms with E-state index in [1.165, 1.54) is 7.11 Å². The molecule has 0 spiro atoms. The maximum Gasteiger partial charge on any atom is 0.253 e. The van der Waals surface area contributed by atoms with Gasteiger partial charge in [0.2, 0.25) is 5.91 Å². The van der Waals surface area contributed by atoms with Gasteiger partial charge in [-0.25, -0.2) is 0 Å². The number of nitrogens with one attached hydrogen (secondary N) is 1. The summed E-state index contributed by atoms with van der Waals surface area (Å²) in [7, 11) is 1.51. The number of likely N-dealkylation sites (tertiary alicyclic amines) is 1. The summed E-state index contributed by atoms with van der Waals surface area (Å²) >= 11 is 0. The van der Waals surface area contributed by atoms with E-state index in [4.69, 9.17) is 10.5 Å². The molecule has 1 fully saturated rings. The Morgan fingerprint density at radius 2 is 2.00 bits per heavy atom. The molecule has 1 saturated heterocycles. The number of amides is 2. The van der Waals surface area contributed by atoms with E-state index in [0.29, 0.717) is 17.0 Å². The second kappa shape index (κ2) is 6.58. The van der Waals surface area contributed by atoms with Crippen LogP contribution in [0, 0.1) is 0 Å². The van der Waals surface area contributed by atoms with E-state index < -0.39 is 6.04 Å². The monoisotopic (exact) mass is 291 g/mol. The van der Waals surface area contributed by atoms with Crippen LogP contribution in [0.15, 0.2) is 18.2 Å². The molecule has 0 saturated carbocycles. The number of carbonyl (C=O) groups is 2. The van der Waals surface area contributed by atoms with Crippen molar-refractivity contribution < 1.29 is 14.3 Å². The summed E-state index contributed by atoms with van der Waals surface area (Å²) in [6.07, 6.45) is 2.08. The molecule has 21 heavy (non-hydrogen) atoms. The fourth-order valence-electron chi connectivity index (χ4n) is 2.29. The van der Waals surface area contributed by atoms with E-state index >= 15 is 0 Å². The molecule has 0 aliphatic carbocycles. The Labute approximate surface area is 124 Å². The highest BCUT2D eigenvalue weighted by Gasteiger charge is 2.21. The van der Waals surface area contributed by atoms with Gasteiger partial charge in [-0.2, -0.15) is 0 Å². The number of rotatable bonds is 4. The van der Waals surface area contributed by atoms with Crippen molar-refractivity contribution in [2.24, 2.45) is 5.73 Å². The minimum Gasteiger partial charge on any atom is -0.495 e. The lowest BCUT2D eigenvalue weighted by Crippen LogP contribution is -2.33. The highest BCUT2D eigenvalue weighted by atomic mass is 16.5. The highest BCUT2D eigenvalue weighted by Crippen LogP contribution is 2.26. The molecule has 1 aliphatic heterocycles. The zero-order chi connectivity index (χ0) is 15.4. The standard InChI is InChI=1S/C15H21N3O3/c1-10(16)14(19)17-12-9-11(5-6-13(12)21-2)15(20)18-7-3-4-8-18/h5-6,9-10H,3-4,7-8,16H2,1-2H3,(H,17,19)/t10-/m0/s1. The normalized spacial score (nSPS) is 15.7. The molecule has 6 heteroatoms. The largest absolute Gasteiger partial charge is 0.495 e. The number of nitrogens with two attached hydrogens (primary N) is 1. The van der Waals surface area contributed by atoms with Gasteiger partial charge in [0.15, 0.2) is 0 Å². The summed E-state index contributed by atoms with van der Waals surface area (Å²) in [4.78, 5) is 25.9. The molecule has 0 radical (unpaired) electrons. The average molecular weight is 291 g/mol. The maximum absolute atomic E-state index is 12.4. The minimum atomic E-state index is -0.632. The smallest absolute Gasteiger partial charge is 0.253 e. The van der Waals surface area contributed by atoms with Crippen LogP contribution in [-0.4, -0.2) is 43.0 Å². The van der Waals surface area contributed by atoms with Gasteiger partial charge in [0, 0.05) is 18.7 Å². The van der Waals surface area contributed by atoms with Crippen LogP contribution in [0.1, 0.15) is 30.1 Å². The summed E-state index contributed by atoms with van der Waals surface area (Å²) in [5.41, 5.74) is 6.55. The van der Waals surface area contributed by atoms with Gasteiger partial charge in [-0.05, 0) is 38.0 Å². The first-order valence-corrected chi connectivity index (χ1v) is 7.06. The number of hydrogen-bond donors (Lipinski definition) is 2. The Morgan fingerprint density at radius 1 is 1.33 bits per heavy atom. The fraction of sp³-hybridized carbons (Fsp3) is 0.467. The number of nitrogens with zero attached hydrogens (tertiary/aromatic N) is 1. The van der Waals surface area contributed by atoms with E-state index in [1.54, 1.807) is 25.1 Å². The van der Waals surface area contributed by atoms with Gasteiger partial charge in [-0.1, -0.05) is 0 Å². The first kappa shape index (κ1) is 15.3. The SMILES string of the molecule is COc1ccc(C(=O)N2CCCC2)cc1NC(=O)[C@H](C)N. The number of hydrogen-bond acceptors (Lipinski definition) is 4. The van der Waals surface area contributed by atoms with Gasteiger partial charge >= 0.3 is 0 Å². The molecule has 0 aromatic heterocycles. The number of anilines is 1. The molecule has 2 rings (SSSR count). The van der Waals surface area contributed by atoms with Gasteiger partial charge in [0.1, 0.15) is 5.75 Å². The van der Waals surface area contributed by atoms with Crippen molar-refractivity contribution in [3.63, 3.8) is 0 Å². The first-order valence-electron chi connectivity index (χ1n) is 7.06. The minimum absolute atomic E-state index is 0.0218. The van der Waals surface area contributed by atoms with Crippen LogP contribution in [0.4, 0.5) is 5.69 Å². The Morgan fingerprint density at radius 3 is 2.57 bits per heavy atom. The average Bonchev–Trinajstić information content (AvgIpc) is 3.00. The molecule has 1 aliphatic rings. The Balaban J connectivity index is 2.24. The van der Waals surface area contributed by atoms with Crippen LogP contribution >= 0.6 is 0 Å². The lowest BCUT2D eigenvalue weighted by atomic mass is 10.1. The van der Waals surface area contributed by atoms with Crippen LogP contribution in [0.3, 0.4) is 0 Å². The quantitative estimate of drug-likeness (QED) is 0.873. The van der Waals surface area contributed by atoms with Crippen LogP contribution in [0.5, 0.6) is 5.75 Å². The molecule has 0 bridgehead atoms. The zero-order valence-electron chi connectivity index (χ0n) is 12.4. The van der Waals surface area contributed by atoms with Gasteiger partial charge < -0.3 is 20.7 Å². The van der Waals surface area contributed by atoms with Crippen LogP contribution in [0.2, 0.25) is 0 Å². The topological polar surface area (TPSA) is 84.7 Å². The maximum atomic E-state index is 12.4. The van der Waals surface area contributed by atoms with Crippen molar-refractivity contribution in [2.45, 2.75) is 25.8 Å². The van der Waals surface area contributed by atoms with Crippen LogP contribution in [0.25, 0.3) is 0 Å². The summed E-state index contributed by atoms with van der Waals surface area (Å²) in [5.74, 6) is 0.160. The number of benzene rings is 1. The molecule has 3 N–H and O–H groups in total. The summed E-state index contributed by atoms with van der Waals surface area (Å²) in [6.45, 7) is 3.17. The van der Waals surface area contributed by atoms with E-state index in [1.807, 2.05) is 4.90 Å². The van der Waals surface area contributed by atoms with E-state index in [-0.39, 0.29) is 11.8 Å². The lowest BCUT2D eigenvalue weighted by molar-refractivity contribution is -0.117. The molecule has 2 amide bonds. The van der Waals surface area contributed by atoms with Crippen LogP contribution < -0.4 is 15.8 Å². The molecular weight excluding hydrogens is 270 g/mol. The number of methoxy groups -OCH3 is 1. The van der Waals surface area contributed by atoms with E-state index in [9.17, 15) is 9.59 Å². The van der Waals surface area contributed by atoms with Crippen molar-refractivity contribution in [2.75, 3.05) is 25.5 Å². The molecular formula is C15H21N3O3. The molecule has 0 unspecified atom stereocenters. The third-order valence-electron chi connectivity index (χ3n) is 3.51. The van der Waals surface area contributed by atoms with Gasteiger partial charge in [0.25, 0.3) is 5.91 Å². The predicted molar refractivity (Wildman–Crippen MR) is 80.4 cm³/mol. The third kappa shape index (κ3) is 3.52. The first-order chi connectivity index (χ1) is 10.0. The van der Waals surface area contributed by atoms with Crippen molar-refractivity contribution >= 4 is 17.5 Å². The van der Waals surface area contributed by atoms with Crippen molar-refractivity contribution in [1.29, 1.82) is 0 Å². The van der Waals surface area contributed by atoms with E-state index in [0.717, 1.165) is 25.9 Å². The summed E-state index contributed by atoms with van der Waals surface area (Å²) in [6, 6.07) is 4.40. The van der Waals surface area contributed by atoms with Gasteiger partial charge in [0.05, 0.1) is 18.8 Å². The molecule has 1 heterocycles. The number of carbonyl (C=O) groups excluding carboxylic acids is 2. The Kier molecular flexibility index (Phi) is 4.80. The van der Waals surface area contributed by atoms with Crippen molar-refractivity contribution in [3.8, 4) is 5.75 Å². The predicted octanol–water partition coefficient (Wildman–Crippen LogP) is 1.22. The number of ether oxygens (including phenoxy) is 1. The lowest BCUT2D eigenvalue weighted by Gasteiger charge is -2.17. The fourth-order valence-corrected chi connectivity index (χ4v) is 2.29. The second-order valence-corrected chi connectivity index (χ2v) is 5.19. The Hall–Kier alpha value is -2.08. The second-order valence-electron chi connectivity index (χ2n) is 5.19. The molecule has 114 valence electrons. The highest BCUT2D eigenvalue weighted by molar-refractivity contribution is 5.99. The third-order valence-corrected chi connectivity index (χ3v) is 3.51. The van der Waals surface area contributed by atoms with Crippen molar-refractivity contribution in [3.05, 3.63) is 23.8 Å². The molecule has 1 aromatic carbocycles. The Bertz CT molecular complexity index is 537. The van der Waals surface area contributed by atoms with E-state index in [2.05, 4.69) is 5.32 Å². The summed E-state index contributed by atoms with van der Waals surface area (Å²) in [5, 5.41) is 2.69. The van der Waals surface area contributed by atoms with Gasteiger partial charge in [-0.15, -0.1) is 0 Å². The zero-order valence-corrected chi connectivity index (χ0v) is 12.4. The summed E-state index contributed by atoms with van der Waals surface area (Å²) < 4.78 is 5.21. The molecule has 1 aromatic rings. The van der Waals surface area contributed by atoms with Crippen LogP contribution in [-0.2, 0) is 4.79 Å². The molecule has 6 nitrogen and oxygen atoms in total. The molecule has 1 atom stereocenters. The van der Waals surface area contributed by atoms with Crippen molar-refractivity contribution in [1.82, 2.24) is 4.90 Å².